The second-order valence-corrected chi connectivity index (χ2v) is 8.49. The van der Waals surface area contributed by atoms with Gasteiger partial charge in [0.2, 0.25) is 0 Å². The molecule has 0 spiro atoms. The van der Waals surface area contributed by atoms with Crippen molar-refractivity contribution in [3.05, 3.63) is 42.0 Å². The van der Waals surface area contributed by atoms with Gasteiger partial charge >= 0.3 is 0 Å². The molecule has 166 valence electrons. The first kappa shape index (κ1) is 21.7. The summed E-state index contributed by atoms with van der Waals surface area (Å²) in [6, 6.07) is 11.7. The maximum atomic E-state index is 12.5. The molecule has 7 heteroatoms. The number of aromatic nitrogens is 2. The Labute approximate surface area is 185 Å². The van der Waals surface area contributed by atoms with Crippen molar-refractivity contribution in [3.8, 4) is 11.3 Å². The van der Waals surface area contributed by atoms with Crippen LogP contribution < -0.4 is 10.2 Å². The fourth-order valence-electron chi connectivity index (χ4n) is 4.37. The van der Waals surface area contributed by atoms with E-state index in [2.05, 4.69) is 37.1 Å². The molecule has 2 saturated heterocycles. The third-order valence-electron chi connectivity index (χ3n) is 6.24. The van der Waals surface area contributed by atoms with Crippen molar-refractivity contribution in [1.82, 2.24) is 25.3 Å². The van der Waals surface area contributed by atoms with Gasteiger partial charge in [-0.3, -0.25) is 9.69 Å². The lowest BCUT2D eigenvalue weighted by molar-refractivity contribution is 0.0936. The Morgan fingerprint density at radius 2 is 1.55 bits per heavy atom. The van der Waals surface area contributed by atoms with Gasteiger partial charge in [-0.15, -0.1) is 10.2 Å². The molecule has 2 fully saturated rings. The SMILES string of the molecule is CCCN1CCN(CCNC(=O)c2ccc(-c3ccc(N4CCCC4)nn3)cc2)CC1. The number of benzene rings is 1. The van der Waals surface area contributed by atoms with Gasteiger partial charge in [0.25, 0.3) is 5.91 Å². The Kier molecular flexibility index (Phi) is 7.48. The smallest absolute Gasteiger partial charge is 0.251 e. The van der Waals surface area contributed by atoms with E-state index in [0.29, 0.717) is 12.1 Å². The average Bonchev–Trinajstić information content (AvgIpc) is 3.36. The molecular weight excluding hydrogens is 388 g/mol. The molecule has 4 rings (SSSR count). The van der Waals surface area contributed by atoms with E-state index in [4.69, 9.17) is 0 Å². The summed E-state index contributed by atoms with van der Waals surface area (Å²) in [7, 11) is 0. The number of hydrogen-bond donors (Lipinski definition) is 1. The quantitative estimate of drug-likeness (QED) is 0.705. The van der Waals surface area contributed by atoms with Crippen LogP contribution in [0.5, 0.6) is 0 Å². The van der Waals surface area contributed by atoms with Crippen LogP contribution in [-0.2, 0) is 0 Å². The minimum atomic E-state index is -0.0216. The summed E-state index contributed by atoms with van der Waals surface area (Å²) in [5.41, 5.74) is 2.48. The molecule has 3 heterocycles. The van der Waals surface area contributed by atoms with Crippen molar-refractivity contribution in [2.45, 2.75) is 26.2 Å². The second kappa shape index (κ2) is 10.7. The molecule has 1 aromatic carbocycles. The van der Waals surface area contributed by atoms with Crippen LogP contribution in [0.4, 0.5) is 5.82 Å². The van der Waals surface area contributed by atoms with Crippen LogP contribution in [0.15, 0.2) is 36.4 Å². The molecule has 1 amide bonds. The molecule has 2 aromatic rings. The van der Waals surface area contributed by atoms with E-state index in [1.54, 1.807) is 0 Å². The standard InChI is InChI=1S/C24H34N6O/c1-2-12-28-16-18-29(19-17-28)15-11-25-24(31)21-7-5-20(6-8-21)22-9-10-23(27-26-22)30-13-3-4-14-30/h5-10H,2-4,11-19H2,1H3,(H,25,31). The number of carbonyl (C=O) groups excluding carboxylic acids is 1. The number of nitrogens with one attached hydrogen (secondary N) is 1. The molecule has 1 N–H and O–H groups in total. The minimum absolute atomic E-state index is 0.0216. The first-order valence-electron chi connectivity index (χ1n) is 11.6. The Morgan fingerprint density at radius 3 is 2.16 bits per heavy atom. The van der Waals surface area contributed by atoms with E-state index in [0.717, 1.165) is 62.9 Å². The molecule has 0 bridgehead atoms. The van der Waals surface area contributed by atoms with Gasteiger partial charge in [-0.2, -0.15) is 0 Å². The molecule has 1 aromatic heterocycles. The molecule has 0 atom stereocenters. The molecule has 0 saturated carbocycles. The predicted molar refractivity (Wildman–Crippen MR) is 124 cm³/mol. The zero-order valence-corrected chi connectivity index (χ0v) is 18.6. The largest absolute Gasteiger partial charge is 0.355 e. The van der Waals surface area contributed by atoms with Crippen LogP contribution in [0.25, 0.3) is 11.3 Å². The van der Waals surface area contributed by atoms with Gasteiger partial charge in [-0.1, -0.05) is 19.1 Å². The van der Waals surface area contributed by atoms with Gasteiger partial charge in [0, 0.05) is 63.5 Å². The van der Waals surface area contributed by atoms with E-state index >= 15 is 0 Å². The van der Waals surface area contributed by atoms with Crippen LogP contribution in [0.1, 0.15) is 36.5 Å². The summed E-state index contributed by atoms with van der Waals surface area (Å²) in [5.74, 6) is 0.927. The number of anilines is 1. The molecule has 0 aliphatic carbocycles. The van der Waals surface area contributed by atoms with E-state index in [1.165, 1.54) is 25.8 Å². The van der Waals surface area contributed by atoms with Crippen molar-refractivity contribution in [2.24, 2.45) is 0 Å². The van der Waals surface area contributed by atoms with Gasteiger partial charge in [-0.25, -0.2) is 0 Å². The second-order valence-electron chi connectivity index (χ2n) is 8.49. The minimum Gasteiger partial charge on any atom is -0.355 e. The predicted octanol–water partition coefficient (Wildman–Crippen LogP) is 2.50. The molecule has 0 radical (unpaired) electrons. The molecular formula is C24H34N6O. The molecule has 7 nitrogen and oxygen atoms in total. The van der Waals surface area contributed by atoms with Crippen molar-refractivity contribution in [3.63, 3.8) is 0 Å². The number of hydrogen-bond acceptors (Lipinski definition) is 6. The maximum Gasteiger partial charge on any atom is 0.251 e. The third kappa shape index (κ3) is 5.80. The summed E-state index contributed by atoms with van der Waals surface area (Å²) in [6.07, 6.45) is 3.66. The summed E-state index contributed by atoms with van der Waals surface area (Å²) in [5, 5.41) is 11.8. The zero-order chi connectivity index (χ0) is 21.5. The Bertz CT molecular complexity index is 824. The molecule has 31 heavy (non-hydrogen) atoms. The van der Waals surface area contributed by atoms with Crippen LogP contribution in [0.3, 0.4) is 0 Å². The number of amides is 1. The summed E-state index contributed by atoms with van der Waals surface area (Å²) >= 11 is 0. The first-order valence-corrected chi connectivity index (χ1v) is 11.6. The normalized spacial score (nSPS) is 17.8. The van der Waals surface area contributed by atoms with E-state index in [1.807, 2.05) is 36.4 Å². The maximum absolute atomic E-state index is 12.5. The fraction of sp³-hybridized carbons (Fsp3) is 0.542. The Balaban J connectivity index is 1.24. The first-order chi connectivity index (χ1) is 15.2. The van der Waals surface area contributed by atoms with Crippen molar-refractivity contribution in [1.29, 1.82) is 0 Å². The van der Waals surface area contributed by atoms with Crippen molar-refractivity contribution >= 4 is 11.7 Å². The highest BCUT2D eigenvalue weighted by atomic mass is 16.1. The zero-order valence-electron chi connectivity index (χ0n) is 18.6. The lowest BCUT2D eigenvalue weighted by Crippen LogP contribution is -2.48. The van der Waals surface area contributed by atoms with Gasteiger partial charge in [0.05, 0.1) is 5.69 Å². The number of rotatable bonds is 8. The van der Waals surface area contributed by atoms with Crippen LogP contribution >= 0.6 is 0 Å². The fourth-order valence-corrected chi connectivity index (χ4v) is 4.37. The van der Waals surface area contributed by atoms with Crippen LogP contribution in [0.2, 0.25) is 0 Å². The molecule has 2 aliphatic heterocycles. The Morgan fingerprint density at radius 1 is 0.871 bits per heavy atom. The van der Waals surface area contributed by atoms with Gasteiger partial charge in [-0.05, 0) is 50.1 Å². The van der Waals surface area contributed by atoms with Crippen molar-refractivity contribution < 1.29 is 4.79 Å². The molecule has 0 unspecified atom stereocenters. The highest BCUT2D eigenvalue weighted by molar-refractivity contribution is 5.94. The third-order valence-corrected chi connectivity index (χ3v) is 6.24. The van der Waals surface area contributed by atoms with Gasteiger partial charge in [0.1, 0.15) is 0 Å². The number of carbonyl (C=O) groups is 1. The summed E-state index contributed by atoms with van der Waals surface area (Å²) in [6.45, 7) is 11.6. The van der Waals surface area contributed by atoms with E-state index in [9.17, 15) is 4.79 Å². The van der Waals surface area contributed by atoms with E-state index < -0.39 is 0 Å². The number of nitrogens with zero attached hydrogens (tertiary/aromatic N) is 5. The summed E-state index contributed by atoms with van der Waals surface area (Å²) in [4.78, 5) is 19.7. The highest BCUT2D eigenvalue weighted by Gasteiger charge is 2.16. The van der Waals surface area contributed by atoms with Crippen LogP contribution in [0, 0.1) is 0 Å². The van der Waals surface area contributed by atoms with Crippen molar-refractivity contribution in [2.75, 3.05) is 63.8 Å². The number of piperazine rings is 1. The average molecular weight is 423 g/mol. The lowest BCUT2D eigenvalue weighted by atomic mass is 10.1. The van der Waals surface area contributed by atoms with E-state index in [-0.39, 0.29) is 5.91 Å². The highest BCUT2D eigenvalue weighted by Crippen LogP contribution is 2.21. The van der Waals surface area contributed by atoms with Crippen LogP contribution in [-0.4, -0.2) is 84.8 Å². The van der Waals surface area contributed by atoms with Gasteiger partial charge in [0.15, 0.2) is 5.82 Å². The monoisotopic (exact) mass is 422 g/mol. The Hall–Kier alpha value is -2.51. The lowest BCUT2D eigenvalue weighted by Gasteiger charge is -2.34. The molecule has 2 aliphatic rings. The van der Waals surface area contributed by atoms with Gasteiger partial charge < -0.3 is 15.1 Å². The summed E-state index contributed by atoms with van der Waals surface area (Å²) < 4.78 is 0. The topological polar surface area (TPSA) is 64.6 Å².